The Morgan fingerprint density at radius 1 is 1.57 bits per heavy atom. The maximum Gasteiger partial charge on any atom is 0.490 e. The van der Waals surface area contributed by atoms with E-state index < -0.39 is 12.1 Å². The standard InChI is InChI=1S/C11H16BrFN2S.C2HF3O2/c1-7(11-10(13)9(12)6-16-11)15(5-4-14)8-2-3-8;3-2(4,5)1(6)7/h6-8H,2-5,14H2,1H3;(H,6,7). The molecule has 0 aromatic carbocycles. The maximum absolute atomic E-state index is 13.8. The van der Waals surface area contributed by atoms with Crippen LogP contribution in [0.3, 0.4) is 0 Å². The Balaban J connectivity index is 0.000000322. The fourth-order valence-electron chi connectivity index (χ4n) is 2.02. The van der Waals surface area contributed by atoms with Crippen LogP contribution < -0.4 is 5.73 Å². The molecule has 1 aliphatic rings. The van der Waals surface area contributed by atoms with Crippen molar-refractivity contribution in [2.24, 2.45) is 5.73 Å². The Kier molecular flexibility index (Phi) is 7.43. The van der Waals surface area contributed by atoms with Gasteiger partial charge in [0.15, 0.2) is 5.82 Å². The van der Waals surface area contributed by atoms with Gasteiger partial charge in [-0.25, -0.2) is 9.18 Å². The van der Waals surface area contributed by atoms with E-state index in [9.17, 15) is 17.6 Å². The quantitative estimate of drug-likeness (QED) is 0.711. The average Bonchev–Trinajstić information content (AvgIpc) is 3.23. The van der Waals surface area contributed by atoms with Crippen molar-refractivity contribution in [3.8, 4) is 0 Å². The van der Waals surface area contributed by atoms with Gasteiger partial charge in [-0.1, -0.05) is 0 Å². The Labute approximate surface area is 143 Å². The van der Waals surface area contributed by atoms with Crippen molar-refractivity contribution in [1.82, 2.24) is 4.90 Å². The SMILES string of the molecule is CC(c1scc(Br)c1F)N(CCN)C1CC1.O=C(O)C(F)(F)F. The summed E-state index contributed by atoms with van der Waals surface area (Å²) in [6.45, 7) is 3.55. The van der Waals surface area contributed by atoms with E-state index >= 15 is 0 Å². The smallest absolute Gasteiger partial charge is 0.475 e. The second-order valence-corrected chi connectivity index (χ2v) is 6.76. The average molecular weight is 421 g/mol. The number of alkyl halides is 3. The van der Waals surface area contributed by atoms with Gasteiger partial charge in [0.1, 0.15) is 0 Å². The first-order valence-corrected chi connectivity index (χ1v) is 8.45. The van der Waals surface area contributed by atoms with Crippen molar-refractivity contribution in [3.63, 3.8) is 0 Å². The molecule has 1 aliphatic carbocycles. The lowest BCUT2D eigenvalue weighted by Crippen LogP contribution is -2.33. The Morgan fingerprint density at radius 3 is 2.39 bits per heavy atom. The third-order valence-electron chi connectivity index (χ3n) is 3.24. The second kappa shape index (κ2) is 8.41. The number of aliphatic carboxylic acids is 1. The van der Waals surface area contributed by atoms with E-state index in [0.717, 1.165) is 11.4 Å². The Morgan fingerprint density at radius 2 is 2.09 bits per heavy atom. The third-order valence-corrected chi connectivity index (χ3v) is 5.25. The summed E-state index contributed by atoms with van der Waals surface area (Å²) in [4.78, 5) is 12.0. The van der Waals surface area contributed by atoms with Crippen LogP contribution in [0.15, 0.2) is 9.85 Å². The lowest BCUT2D eigenvalue weighted by Gasteiger charge is -2.27. The molecule has 3 N–H and O–H groups in total. The van der Waals surface area contributed by atoms with E-state index in [2.05, 4.69) is 27.8 Å². The first-order chi connectivity index (χ1) is 10.6. The van der Waals surface area contributed by atoms with E-state index in [-0.39, 0.29) is 11.9 Å². The summed E-state index contributed by atoms with van der Waals surface area (Å²) in [6, 6.07) is 0.742. The number of hydrogen-bond donors (Lipinski definition) is 2. The van der Waals surface area contributed by atoms with E-state index in [1.165, 1.54) is 24.2 Å². The lowest BCUT2D eigenvalue weighted by atomic mass is 10.2. The van der Waals surface area contributed by atoms with Gasteiger partial charge in [-0.05, 0) is 35.7 Å². The van der Waals surface area contributed by atoms with Crippen LogP contribution in [0.5, 0.6) is 0 Å². The molecule has 1 saturated carbocycles. The molecule has 1 unspecified atom stereocenters. The number of hydrogen-bond acceptors (Lipinski definition) is 4. The van der Waals surface area contributed by atoms with Gasteiger partial charge >= 0.3 is 12.1 Å². The third kappa shape index (κ3) is 6.02. The zero-order valence-electron chi connectivity index (χ0n) is 12.2. The minimum atomic E-state index is -5.08. The monoisotopic (exact) mass is 420 g/mol. The summed E-state index contributed by atoms with van der Waals surface area (Å²) in [5.41, 5.74) is 5.61. The molecule has 1 aromatic heterocycles. The Hall–Kier alpha value is -0.710. The van der Waals surface area contributed by atoms with Crippen molar-refractivity contribution in [2.45, 2.75) is 38.0 Å². The van der Waals surface area contributed by atoms with Crippen LogP contribution in [0.2, 0.25) is 0 Å². The summed E-state index contributed by atoms with van der Waals surface area (Å²) in [6.07, 6.45) is -2.64. The summed E-state index contributed by atoms with van der Waals surface area (Å²) >= 11 is 4.70. The first kappa shape index (κ1) is 20.3. The molecule has 0 radical (unpaired) electrons. The van der Waals surface area contributed by atoms with Crippen molar-refractivity contribution in [3.05, 3.63) is 20.5 Å². The van der Waals surface area contributed by atoms with Crippen LogP contribution in [0, 0.1) is 5.82 Å². The summed E-state index contributed by atoms with van der Waals surface area (Å²) in [7, 11) is 0. The minimum Gasteiger partial charge on any atom is -0.475 e. The van der Waals surface area contributed by atoms with Crippen LogP contribution in [0.4, 0.5) is 17.6 Å². The van der Waals surface area contributed by atoms with Gasteiger partial charge in [0.2, 0.25) is 0 Å². The highest BCUT2D eigenvalue weighted by Crippen LogP contribution is 2.38. The number of thiophene rings is 1. The molecule has 0 bridgehead atoms. The molecule has 1 heterocycles. The molecule has 23 heavy (non-hydrogen) atoms. The van der Waals surface area contributed by atoms with Gasteiger partial charge in [0.05, 0.1) is 9.35 Å². The summed E-state index contributed by atoms with van der Waals surface area (Å²) in [5, 5.41) is 8.94. The fourth-order valence-corrected chi connectivity index (χ4v) is 3.52. The van der Waals surface area contributed by atoms with E-state index in [4.69, 9.17) is 15.6 Å². The van der Waals surface area contributed by atoms with Crippen LogP contribution in [0.25, 0.3) is 0 Å². The second-order valence-electron chi connectivity index (χ2n) is 5.00. The summed E-state index contributed by atoms with van der Waals surface area (Å²) < 4.78 is 46.1. The highest BCUT2D eigenvalue weighted by Gasteiger charge is 2.38. The van der Waals surface area contributed by atoms with E-state index in [0.29, 0.717) is 17.1 Å². The summed E-state index contributed by atoms with van der Waals surface area (Å²) in [5.74, 6) is -2.87. The highest BCUT2D eigenvalue weighted by atomic mass is 79.9. The van der Waals surface area contributed by atoms with Gasteiger partial charge in [-0.3, -0.25) is 4.90 Å². The van der Waals surface area contributed by atoms with Gasteiger partial charge in [0.25, 0.3) is 0 Å². The zero-order valence-corrected chi connectivity index (χ0v) is 14.6. The topological polar surface area (TPSA) is 66.6 Å². The van der Waals surface area contributed by atoms with Crippen LogP contribution in [0.1, 0.15) is 30.7 Å². The highest BCUT2D eigenvalue weighted by molar-refractivity contribution is 9.10. The van der Waals surface area contributed by atoms with Gasteiger partial charge in [-0.15, -0.1) is 11.3 Å². The number of nitrogens with zero attached hydrogens (tertiary/aromatic N) is 1. The van der Waals surface area contributed by atoms with Gasteiger partial charge in [0, 0.05) is 30.6 Å². The molecule has 132 valence electrons. The number of carboxylic acid groups (broad SMARTS) is 1. The molecule has 1 aromatic rings. The Bertz CT molecular complexity index is 535. The maximum atomic E-state index is 13.8. The number of halogens is 5. The van der Waals surface area contributed by atoms with Gasteiger partial charge < -0.3 is 10.8 Å². The van der Waals surface area contributed by atoms with Crippen molar-refractivity contribution < 1.29 is 27.5 Å². The van der Waals surface area contributed by atoms with Crippen molar-refractivity contribution >= 4 is 33.2 Å². The predicted molar refractivity (Wildman–Crippen MR) is 82.9 cm³/mol. The van der Waals surface area contributed by atoms with E-state index in [1.54, 1.807) is 0 Å². The molecule has 10 heteroatoms. The zero-order chi connectivity index (χ0) is 17.8. The molecule has 2 rings (SSSR count). The fraction of sp³-hybridized carbons (Fsp3) is 0.615. The first-order valence-electron chi connectivity index (χ1n) is 6.77. The van der Waals surface area contributed by atoms with Crippen molar-refractivity contribution in [1.29, 1.82) is 0 Å². The van der Waals surface area contributed by atoms with Gasteiger partial charge in [-0.2, -0.15) is 13.2 Å². The minimum absolute atomic E-state index is 0.111. The predicted octanol–water partition coefficient (Wildman–Crippen LogP) is 3.77. The number of rotatable bonds is 5. The molecule has 0 amide bonds. The molecule has 1 atom stereocenters. The number of carboxylic acids is 1. The molecule has 0 spiro atoms. The molecule has 4 nitrogen and oxygen atoms in total. The largest absolute Gasteiger partial charge is 0.490 e. The number of carbonyl (C=O) groups is 1. The lowest BCUT2D eigenvalue weighted by molar-refractivity contribution is -0.192. The molecule has 0 aliphatic heterocycles. The molecular weight excluding hydrogens is 404 g/mol. The normalized spacial score (nSPS) is 16.0. The van der Waals surface area contributed by atoms with E-state index in [1.807, 2.05) is 5.38 Å². The molecule has 0 saturated heterocycles. The van der Waals surface area contributed by atoms with Crippen molar-refractivity contribution in [2.75, 3.05) is 13.1 Å². The number of nitrogens with two attached hydrogens (primary N) is 1. The molecular formula is C13H17BrF4N2O2S. The van der Waals surface area contributed by atoms with Crippen LogP contribution in [-0.2, 0) is 4.79 Å². The van der Waals surface area contributed by atoms with Crippen LogP contribution in [-0.4, -0.2) is 41.3 Å². The van der Waals surface area contributed by atoms with Crippen LogP contribution >= 0.6 is 27.3 Å². The molecule has 1 fully saturated rings.